The van der Waals surface area contributed by atoms with Crippen LogP contribution in [0.5, 0.6) is 0 Å². The number of alkyl carbamates (subject to hydrolysis) is 1. The second kappa shape index (κ2) is 9.36. The molecule has 0 spiro atoms. The molecule has 0 aromatic heterocycles. The van der Waals surface area contributed by atoms with Crippen molar-refractivity contribution in [2.24, 2.45) is 5.92 Å². The van der Waals surface area contributed by atoms with E-state index in [1.165, 1.54) is 11.1 Å². The number of carboxylic acid groups (broad SMARTS) is 1. The van der Waals surface area contributed by atoms with Crippen molar-refractivity contribution in [3.63, 3.8) is 0 Å². The highest BCUT2D eigenvalue weighted by Gasteiger charge is 2.66. The molecule has 3 atom stereocenters. The Kier molecular flexibility index (Phi) is 6.26. The van der Waals surface area contributed by atoms with Crippen molar-refractivity contribution in [2.75, 3.05) is 13.2 Å². The summed E-state index contributed by atoms with van der Waals surface area (Å²) in [4.78, 5) is 39.4. The highest BCUT2D eigenvalue weighted by Crippen LogP contribution is 2.54. The Balaban J connectivity index is 1.22. The third-order valence-corrected chi connectivity index (χ3v) is 7.88. The fourth-order valence-electron chi connectivity index (χ4n) is 6.11. The zero-order valence-electron chi connectivity index (χ0n) is 20.0. The quantitative estimate of drug-likeness (QED) is 0.583. The summed E-state index contributed by atoms with van der Waals surface area (Å²) in [6, 6.07) is 15.9. The topological polar surface area (TPSA) is 95.9 Å². The molecule has 3 aliphatic rings. The summed E-state index contributed by atoms with van der Waals surface area (Å²) < 4.78 is 5.66. The summed E-state index contributed by atoms with van der Waals surface area (Å²) in [5.74, 6) is -1.09. The van der Waals surface area contributed by atoms with Crippen LogP contribution in [-0.4, -0.2) is 52.7 Å². The first-order valence-corrected chi connectivity index (χ1v) is 12.6. The van der Waals surface area contributed by atoms with E-state index in [0.717, 1.165) is 30.4 Å². The first-order chi connectivity index (χ1) is 17.0. The minimum absolute atomic E-state index is 0.0324. The Morgan fingerprint density at radius 3 is 2.40 bits per heavy atom. The van der Waals surface area contributed by atoms with Gasteiger partial charge in [0.2, 0.25) is 5.91 Å². The number of rotatable bonds is 8. The highest BCUT2D eigenvalue weighted by atomic mass is 16.5. The molecule has 184 valence electrons. The summed E-state index contributed by atoms with van der Waals surface area (Å²) in [5, 5.41) is 12.6. The van der Waals surface area contributed by atoms with Gasteiger partial charge >= 0.3 is 12.1 Å². The fraction of sp³-hybridized carbons (Fsp3) is 0.464. The predicted octanol–water partition coefficient (Wildman–Crippen LogP) is 4.55. The minimum atomic E-state index is -1.03. The zero-order valence-corrected chi connectivity index (χ0v) is 20.0. The van der Waals surface area contributed by atoms with E-state index in [1.807, 2.05) is 31.2 Å². The maximum atomic E-state index is 13.1. The van der Waals surface area contributed by atoms with Crippen LogP contribution in [0.25, 0.3) is 11.1 Å². The number of amides is 2. The van der Waals surface area contributed by atoms with Crippen LogP contribution < -0.4 is 5.32 Å². The lowest BCUT2D eigenvalue weighted by Crippen LogP contribution is -2.52. The van der Waals surface area contributed by atoms with E-state index >= 15 is 0 Å². The Hall–Kier alpha value is -3.35. The Labute approximate surface area is 205 Å². The second-order valence-corrected chi connectivity index (χ2v) is 9.98. The normalized spacial score (nSPS) is 23.0. The lowest BCUT2D eigenvalue weighted by molar-refractivity contribution is -0.154. The van der Waals surface area contributed by atoms with Crippen LogP contribution in [-0.2, 0) is 14.3 Å². The molecule has 5 rings (SSSR count). The summed E-state index contributed by atoms with van der Waals surface area (Å²) >= 11 is 0. The van der Waals surface area contributed by atoms with Crippen molar-refractivity contribution in [2.45, 2.75) is 62.9 Å². The molecule has 35 heavy (non-hydrogen) atoms. The molecule has 2 fully saturated rings. The molecule has 2 aromatic carbocycles. The van der Waals surface area contributed by atoms with Crippen molar-refractivity contribution in [1.29, 1.82) is 0 Å². The molecule has 1 heterocycles. The molecule has 2 aromatic rings. The van der Waals surface area contributed by atoms with Gasteiger partial charge in [0.25, 0.3) is 0 Å². The van der Waals surface area contributed by atoms with Crippen LogP contribution in [0.15, 0.2) is 48.5 Å². The number of benzene rings is 2. The molecule has 0 bridgehead atoms. The van der Waals surface area contributed by atoms with Gasteiger partial charge in [-0.05, 0) is 53.9 Å². The van der Waals surface area contributed by atoms with Crippen molar-refractivity contribution < 1.29 is 24.2 Å². The van der Waals surface area contributed by atoms with Crippen molar-refractivity contribution in [3.8, 4) is 11.1 Å². The first-order valence-electron chi connectivity index (χ1n) is 12.6. The highest BCUT2D eigenvalue weighted by molar-refractivity contribution is 5.91. The lowest BCUT2D eigenvalue weighted by Gasteiger charge is -2.34. The number of aliphatic carboxylic acids is 1. The van der Waals surface area contributed by atoms with E-state index in [9.17, 15) is 19.5 Å². The number of hydrogen-bond acceptors (Lipinski definition) is 4. The Bertz CT molecular complexity index is 1100. The van der Waals surface area contributed by atoms with Crippen LogP contribution in [0.4, 0.5) is 4.79 Å². The number of carbonyl (C=O) groups is 3. The average Bonchev–Trinajstić information content (AvgIpc) is 3.54. The van der Waals surface area contributed by atoms with Crippen LogP contribution in [0.1, 0.15) is 62.5 Å². The zero-order chi connectivity index (χ0) is 24.6. The van der Waals surface area contributed by atoms with Crippen LogP contribution in [0, 0.1) is 5.92 Å². The van der Waals surface area contributed by atoms with Crippen molar-refractivity contribution >= 4 is 18.0 Å². The van der Waals surface area contributed by atoms with Gasteiger partial charge in [0.1, 0.15) is 12.1 Å². The molecule has 0 radical (unpaired) electrons. The fourth-order valence-corrected chi connectivity index (χ4v) is 6.11. The summed E-state index contributed by atoms with van der Waals surface area (Å²) in [6.07, 6.45) is 3.15. The van der Waals surface area contributed by atoms with Gasteiger partial charge in [0.15, 0.2) is 0 Å². The number of ether oxygens (including phenoxy) is 1. The monoisotopic (exact) mass is 476 g/mol. The molecule has 2 aliphatic carbocycles. The average molecular weight is 477 g/mol. The summed E-state index contributed by atoms with van der Waals surface area (Å²) in [7, 11) is 0. The minimum Gasteiger partial charge on any atom is -0.479 e. The van der Waals surface area contributed by atoms with E-state index in [2.05, 4.69) is 29.6 Å². The number of carbonyl (C=O) groups excluding carboxylic acids is 2. The smallest absolute Gasteiger partial charge is 0.407 e. The van der Waals surface area contributed by atoms with Gasteiger partial charge in [-0.2, -0.15) is 0 Å². The number of nitrogens with zero attached hydrogens (tertiary/aromatic N) is 1. The molecular weight excluding hydrogens is 444 g/mol. The van der Waals surface area contributed by atoms with E-state index in [0.29, 0.717) is 19.4 Å². The van der Waals surface area contributed by atoms with Crippen LogP contribution >= 0.6 is 0 Å². The largest absolute Gasteiger partial charge is 0.479 e. The maximum absolute atomic E-state index is 13.1. The summed E-state index contributed by atoms with van der Waals surface area (Å²) in [5.41, 5.74) is 3.59. The maximum Gasteiger partial charge on any atom is 0.407 e. The van der Waals surface area contributed by atoms with Gasteiger partial charge < -0.3 is 20.1 Å². The molecule has 1 saturated heterocycles. The Morgan fingerprint density at radius 1 is 1.11 bits per heavy atom. The number of fused-ring (bicyclic) bond motifs is 4. The molecule has 2 N–H and O–H groups in total. The molecule has 0 unspecified atom stereocenters. The van der Waals surface area contributed by atoms with Crippen LogP contribution in [0.2, 0.25) is 0 Å². The number of likely N-dealkylation sites (tertiary alicyclic amines) is 1. The van der Waals surface area contributed by atoms with Gasteiger partial charge in [-0.15, -0.1) is 0 Å². The van der Waals surface area contributed by atoms with Gasteiger partial charge in [0.05, 0.1) is 0 Å². The number of piperidine rings is 1. The SMILES string of the molecule is CCC[C@@H](CC(=O)N1CCC[C@@H]2C[C@@]21C(=O)O)NC(=O)OCC1c2ccccc2-c2ccccc21. The number of hydrogen-bond donors (Lipinski definition) is 2. The molecule has 1 aliphatic heterocycles. The van der Waals surface area contributed by atoms with Gasteiger partial charge in [0, 0.05) is 24.9 Å². The Morgan fingerprint density at radius 2 is 1.77 bits per heavy atom. The number of carboxylic acids is 1. The second-order valence-electron chi connectivity index (χ2n) is 9.98. The standard InChI is InChI=1S/C28H32N2O5/c1-2-8-19(15-25(31)30-14-7-9-18-16-28(18,30)26(32)33)29-27(34)35-17-24-22-12-5-3-10-20(22)21-11-4-6-13-23(21)24/h3-6,10-13,18-19,24H,2,7-9,14-17H2,1H3,(H,29,34)(H,32,33)/t18-,19+,28+/m1/s1. The molecule has 1 saturated carbocycles. The number of nitrogens with one attached hydrogen (secondary N) is 1. The van der Waals surface area contributed by atoms with E-state index < -0.39 is 23.6 Å². The van der Waals surface area contributed by atoms with Gasteiger partial charge in [-0.1, -0.05) is 61.9 Å². The summed E-state index contributed by atoms with van der Waals surface area (Å²) in [6.45, 7) is 2.67. The molecule has 7 heteroatoms. The van der Waals surface area contributed by atoms with E-state index in [-0.39, 0.29) is 30.8 Å². The van der Waals surface area contributed by atoms with E-state index in [1.54, 1.807) is 4.90 Å². The van der Waals surface area contributed by atoms with Crippen molar-refractivity contribution in [3.05, 3.63) is 59.7 Å². The van der Waals surface area contributed by atoms with Gasteiger partial charge in [-0.25, -0.2) is 9.59 Å². The van der Waals surface area contributed by atoms with Crippen molar-refractivity contribution in [1.82, 2.24) is 10.2 Å². The van der Waals surface area contributed by atoms with Gasteiger partial charge in [-0.3, -0.25) is 4.79 Å². The lowest BCUT2D eigenvalue weighted by atomic mass is 9.98. The molecule has 7 nitrogen and oxygen atoms in total. The van der Waals surface area contributed by atoms with E-state index in [4.69, 9.17) is 4.74 Å². The van der Waals surface area contributed by atoms with Crippen LogP contribution in [0.3, 0.4) is 0 Å². The third kappa shape index (κ3) is 4.17. The first kappa shape index (κ1) is 23.4. The molecular formula is C28H32N2O5. The molecule has 2 amide bonds. The third-order valence-electron chi connectivity index (χ3n) is 7.88. The predicted molar refractivity (Wildman–Crippen MR) is 131 cm³/mol.